The molecular weight excluding hydrogens is 330 g/mol. The Kier molecular flexibility index (Phi) is 5.36. The van der Waals surface area contributed by atoms with Crippen molar-refractivity contribution in [3.63, 3.8) is 0 Å². The summed E-state index contributed by atoms with van der Waals surface area (Å²) in [6, 6.07) is 28.2. The molecule has 27 heavy (non-hydrogen) atoms. The monoisotopic (exact) mass is 349 g/mol. The van der Waals surface area contributed by atoms with E-state index < -0.39 is 0 Å². The van der Waals surface area contributed by atoms with Crippen molar-refractivity contribution in [1.82, 2.24) is 0 Å². The lowest BCUT2D eigenvalue weighted by atomic mass is 9.90. The third-order valence-corrected chi connectivity index (χ3v) is 4.39. The topological polar surface area (TPSA) is 50.8 Å². The molecule has 0 bridgehead atoms. The van der Waals surface area contributed by atoms with E-state index in [9.17, 15) is 0 Å². The lowest BCUT2D eigenvalue weighted by molar-refractivity contribution is 1.13. The molecule has 0 aliphatic rings. The van der Waals surface area contributed by atoms with Crippen LogP contribution in [-0.2, 0) is 0 Å². The van der Waals surface area contributed by atoms with Crippen molar-refractivity contribution in [3.05, 3.63) is 83.9 Å². The largest absolute Gasteiger partial charge is 0.377 e. The zero-order valence-corrected chi connectivity index (χ0v) is 15.3. The number of nitrogens with zero attached hydrogens (tertiary/aromatic N) is 3. The van der Waals surface area contributed by atoms with Gasteiger partial charge in [0.2, 0.25) is 0 Å². The molecule has 3 nitrogen and oxygen atoms in total. The van der Waals surface area contributed by atoms with Crippen LogP contribution in [-0.4, -0.2) is 14.1 Å². The number of rotatable bonds is 4. The van der Waals surface area contributed by atoms with Gasteiger partial charge < -0.3 is 4.90 Å². The molecule has 0 aromatic heterocycles. The Balaban J connectivity index is 2.26. The van der Waals surface area contributed by atoms with E-state index in [0.717, 1.165) is 33.5 Å². The molecule has 0 atom stereocenters. The minimum atomic E-state index is 0.0913. The van der Waals surface area contributed by atoms with Crippen LogP contribution in [0.1, 0.15) is 5.56 Å². The van der Waals surface area contributed by atoms with E-state index in [1.807, 2.05) is 74.8 Å². The highest BCUT2D eigenvalue weighted by Gasteiger charge is 2.13. The number of hydrogen-bond acceptors (Lipinski definition) is 3. The summed E-state index contributed by atoms with van der Waals surface area (Å²) in [5.41, 5.74) is 6.38. The summed E-state index contributed by atoms with van der Waals surface area (Å²) in [5, 5.41) is 18.3. The summed E-state index contributed by atoms with van der Waals surface area (Å²) in [7, 11) is 4.06. The fourth-order valence-electron chi connectivity index (χ4n) is 3.16. The van der Waals surface area contributed by atoms with Gasteiger partial charge >= 0.3 is 0 Å². The summed E-state index contributed by atoms with van der Waals surface area (Å²) in [5.74, 6) is 0. The molecule has 0 saturated carbocycles. The van der Waals surface area contributed by atoms with Gasteiger partial charge in [-0.15, -0.1) is 0 Å². The van der Waals surface area contributed by atoms with E-state index in [-0.39, 0.29) is 5.57 Å². The second kappa shape index (κ2) is 8.04. The first kappa shape index (κ1) is 18.0. The summed E-state index contributed by atoms with van der Waals surface area (Å²) >= 11 is 0. The number of hydrogen-bond donors (Lipinski definition) is 0. The van der Waals surface area contributed by atoms with Gasteiger partial charge in [-0.25, -0.2) is 0 Å². The molecule has 0 radical (unpaired) electrons. The molecule has 0 unspecified atom stereocenters. The highest BCUT2D eigenvalue weighted by atomic mass is 15.1. The minimum absolute atomic E-state index is 0.0913. The van der Waals surface area contributed by atoms with Crippen LogP contribution in [0.25, 0.3) is 28.3 Å². The molecule has 0 N–H and O–H groups in total. The first-order valence-corrected chi connectivity index (χ1v) is 8.62. The molecule has 0 amide bonds. The van der Waals surface area contributed by atoms with E-state index >= 15 is 0 Å². The Morgan fingerprint density at radius 2 is 1.19 bits per heavy atom. The van der Waals surface area contributed by atoms with E-state index in [1.54, 1.807) is 6.08 Å². The summed E-state index contributed by atoms with van der Waals surface area (Å²) in [6.45, 7) is 0. The maximum absolute atomic E-state index is 9.13. The average Bonchev–Trinajstić information content (AvgIpc) is 2.72. The maximum Gasteiger partial charge on any atom is 0.130 e. The maximum atomic E-state index is 9.13. The van der Waals surface area contributed by atoms with Crippen molar-refractivity contribution in [2.45, 2.75) is 0 Å². The number of benzene rings is 3. The van der Waals surface area contributed by atoms with Crippen LogP contribution in [0.15, 0.2) is 78.4 Å². The first-order chi connectivity index (χ1) is 13.2. The van der Waals surface area contributed by atoms with Gasteiger partial charge in [-0.2, -0.15) is 10.5 Å². The normalized spacial score (nSPS) is 9.78. The molecule has 0 spiro atoms. The van der Waals surface area contributed by atoms with Crippen LogP contribution in [0.3, 0.4) is 0 Å². The number of nitriles is 2. The second-order valence-corrected chi connectivity index (χ2v) is 6.33. The van der Waals surface area contributed by atoms with Crippen LogP contribution >= 0.6 is 0 Å². The molecule has 0 aliphatic heterocycles. The Morgan fingerprint density at radius 1 is 0.704 bits per heavy atom. The molecule has 3 rings (SSSR count). The lowest BCUT2D eigenvalue weighted by Crippen LogP contribution is -2.09. The number of allylic oxidation sites excluding steroid dienone is 1. The molecule has 0 heterocycles. The van der Waals surface area contributed by atoms with Crippen molar-refractivity contribution >= 4 is 11.8 Å². The number of anilines is 1. The third kappa shape index (κ3) is 3.73. The molecule has 0 fully saturated rings. The molecule has 3 aromatic carbocycles. The fourth-order valence-corrected chi connectivity index (χ4v) is 3.16. The average molecular weight is 349 g/mol. The van der Waals surface area contributed by atoms with Gasteiger partial charge in [0.05, 0.1) is 0 Å². The number of para-hydroxylation sites is 1. The van der Waals surface area contributed by atoms with Gasteiger partial charge in [-0.3, -0.25) is 0 Å². The quantitative estimate of drug-likeness (QED) is 0.583. The van der Waals surface area contributed by atoms with Crippen LogP contribution in [0.2, 0.25) is 0 Å². The standard InChI is InChI=1S/C24H19N3/c1-27(2)24-14-8-7-13-23(24)22-12-6-5-11-21(22)20-10-4-3-9-19(20)15-18(16-25)17-26/h3-15H,1-2H3. The second-order valence-electron chi connectivity index (χ2n) is 6.33. The van der Waals surface area contributed by atoms with E-state index in [1.165, 1.54) is 0 Å². The van der Waals surface area contributed by atoms with E-state index in [4.69, 9.17) is 10.5 Å². The van der Waals surface area contributed by atoms with Crippen molar-refractivity contribution < 1.29 is 0 Å². The molecule has 130 valence electrons. The van der Waals surface area contributed by atoms with Gasteiger partial charge in [-0.1, -0.05) is 66.7 Å². The van der Waals surface area contributed by atoms with Gasteiger partial charge in [0, 0.05) is 25.3 Å². The predicted molar refractivity (Wildman–Crippen MR) is 111 cm³/mol. The van der Waals surface area contributed by atoms with Gasteiger partial charge in [0.1, 0.15) is 17.7 Å². The van der Waals surface area contributed by atoms with Crippen LogP contribution in [0.4, 0.5) is 5.69 Å². The van der Waals surface area contributed by atoms with Crippen LogP contribution in [0.5, 0.6) is 0 Å². The highest BCUT2D eigenvalue weighted by molar-refractivity contribution is 5.92. The summed E-state index contributed by atoms with van der Waals surface area (Å²) < 4.78 is 0. The smallest absolute Gasteiger partial charge is 0.130 e. The molecule has 0 saturated heterocycles. The first-order valence-electron chi connectivity index (χ1n) is 8.62. The summed E-state index contributed by atoms with van der Waals surface area (Å²) in [6.07, 6.45) is 1.64. The predicted octanol–water partition coefficient (Wildman–Crippen LogP) is 5.52. The zero-order valence-electron chi connectivity index (χ0n) is 15.3. The SMILES string of the molecule is CN(C)c1ccccc1-c1ccccc1-c1ccccc1C=C(C#N)C#N. The van der Waals surface area contributed by atoms with Crippen LogP contribution in [0, 0.1) is 22.7 Å². The third-order valence-electron chi connectivity index (χ3n) is 4.39. The molecule has 0 aliphatic carbocycles. The van der Waals surface area contributed by atoms with Gasteiger partial charge in [0.25, 0.3) is 0 Å². The lowest BCUT2D eigenvalue weighted by Gasteiger charge is -2.20. The Hall–Kier alpha value is -3.82. The molecular formula is C24H19N3. The van der Waals surface area contributed by atoms with Gasteiger partial charge in [0.15, 0.2) is 0 Å². The minimum Gasteiger partial charge on any atom is -0.377 e. The fraction of sp³-hybridized carbons (Fsp3) is 0.0833. The highest BCUT2D eigenvalue weighted by Crippen LogP contribution is 2.38. The summed E-state index contributed by atoms with van der Waals surface area (Å²) in [4.78, 5) is 2.10. The van der Waals surface area contributed by atoms with Crippen LogP contribution < -0.4 is 4.90 Å². The van der Waals surface area contributed by atoms with Crippen molar-refractivity contribution in [2.24, 2.45) is 0 Å². The van der Waals surface area contributed by atoms with Crippen molar-refractivity contribution in [1.29, 1.82) is 10.5 Å². The van der Waals surface area contributed by atoms with Crippen molar-refractivity contribution in [3.8, 4) is 34.4 Å². The van der Waals surface area contributed by atoms with Crippen molar-refractivity contribution in [2.75, 3.05) is 19.0 Å². The Bertz CT molecular complexity index is 1060. The molecule has 3 aromatic rings. The Morgan fingerprint density at radius 3 is 1.78 bits per heavy atom. The molecule has 3 heteroatoms. The van der Waals surface area contributed by atoms with E-state index in [0.29, 0.717) is 0 Å². The van der Waals surface area contributed by atoms with E-state index in [2.05, 4.69) is 29.2 Å². The zero-order chi connectivity index (χ0) is 19.2. The van der Waals surface area contributed by atoms with Gasteiger partial charge in [-0.05, 0) is 34.4 Å². The Labute approximate surface area is 160 Å².